The molecule has 0 fully saturated rings. The highest BCUT2D eigenvalue weighted by Crippen LogP contribution is 2.37. The molecule has 0 saturated heterocycles. The van der Waals surface area contributed by atoms with E-state index in [0.29, 0.717) is 0 Å². The van der Waals surface area contributed by atoms with Crippen molar-refractivity contribution in [1.29, 1.82) is 0 Å². The Hall–Kier alpha value is -1.17. The molecule has 0 amide bonds. The minimum absolute atomic E-state index is 0.157. The minimum Gasteiger partial charge on any atom is -0.330 e. The van der Waals surface area contributed by atoms with Gasteiger partial charge in [-0.05, 0) is 29.7 Å². The van der Waals surface area contributed by atoms with Crippen molar-refractivity contribution < 1.29 is 0 Å². The number of benzene rings is 2. The molecule has 2 aromatic carbocycles. The van der Waals surface area contributed by atoms with Crippen LogP contribution >= 0.6 is 7.92 Å². The summed E-state index contributed by atoms with van der Waals surface area (Å²) < 4.78 is 0. The fraction of sp³-hybridized carbons (Fsp3) is 0.200. The molecule has 0 aliphatic carbocycles. The van der Waals surface area contributed by atoms with E-state index in [1.54, 1.807) is 0 Å². The lowest BCUT2D eigenvalue weighted by Gasteiger charge is -2.17. The average Bonchev–Trinajstić information content (AvgIpc) is 2.40. The smallest absolute Gasteiger partial charge is 0.00324 e. The zero-order valence-electron chi connectivity index (χ0n) is 9.92. The van der Waals surface area contributed by atoms with Gasteiger partial charge in [0, 0.05) is 0 Å². The van der Waals surface area contributed by atoms with E-state index in [1.807, 2.05) is 0 Å². The van der Waals surface area contributed by atoms with Crippen molar-refractivity contribution >= 4 is 13.2 Å². The SMILES string of the molecule is NCCP(Cc1ccccc1)c1ccccc1. The Morgan fingerprint density at radius 2 is 1.41 bits per heavy atom. The van der Waals surface area contributed by atoms with Gasteiger partial charge in [-0.25, -0.2) is 0 Å². The molecule has 0 radical (unpaired) electrons. The van der Waals surface area contributed by atoms with Crippen molar-refractivity contribution in [1.82, 2.24) is 0 Å². The van der Waals surface area contributed by atoms with E-state index in [2.05, 4.69) is 60.7 Å². The molecule has 2 rings (SSSR count). The van der Waals surface area contributed by atoms with Gasteiger partial charge in [-0.3, -0.25) is 0 Å². The third-order valence-electron chi connectivity index (χ3n) is 2.74. The highest BCUT2D eigenvalue weighted by atomic mass is 31.1. The molecule has 0 aliphatic heterocycles. The standard InChI is InChI=1S/C15H18NP/c16-11-12-17(15-9-5-2-6-10-15)13-14-7-3-1-4-8-14/h1-10H,11-13,16H2. The number of hydrogen-bond acceptors (Lipinski definition) is 1. The summed E-state index contributed by atoms with van der Waals surface area (Å²) in [7, 11) is -0.157. The maximum atomic E-state index is 5.74. The Morgan fingerprint density at radius 1 is 0.824 bits per heavy atom. The molecule has 2 N–H and O–H groups in total. The Labute approximate surface area is 104 Å². The Bertz CT molecular complexity index is 427. The van der Waals surface area contributed by atoms with E-state index in [4.69, 9.17) is 5.73 Å². The van der Waals surface area contributed by atoms with Crippen molar-refractivity contribution in [3.8, 4) is 0 Å². The summed E-state index contributed by atoms with van der Waals surface area (Å²) in [6, 6.07) is 21.4. The van der Waals surface area contributed by atoms with Crippen LogP contribution in [0.25, 0.3) is 0 Å². The van der Waals surface area contributed by atoms with Crippen molar-refractivity contribution in [2.24, 2.45) is 5.73 Å². The van der Waals surface area contributed by atoms with Crippen LogP contribution < -0.4 is 11.0 Å². The fourth-order valence-corrected chi connectivity index (χ4v) is 4.05. The second kappa shape index (κ2) is 6.54. The maximum absolute atomic E-state index is 5.74. The number of nitrogens with two attached hydrogens (primary N) is 1. The van der Waals surface area contributed by atoms with Gasteiger partial charge in [0.2, 0.25) is 0 Å². The molecule has 0 heterocycles. The molecule has 0 saturated carbocycles. The summed E-state index contributed by atoms with van der Waals surface area (Å²) in [6.45, 7) is 0.771. The molecule has 1 unspecified atom stereocenters. The summed E-state index contributed by atoms with van der Waals surface area (Å²) in [5.74, 6) is 0. The van der Waals surface area contributed by atoms with Crippen LogP contribution in [0.3, 0.4) is 0 Å². The highest BCUT2D eigenvalue weighted by molar-refractivity contribution is 7.64. The minimum atomic E-state index is -0.157. The second-order valence-electron chi connectivity index (χ2n) is 4.03. The van der Waals surface area contributed by atoms with Crippen LogP contribution in [-0.4, -0.2) is 12.7 Å². The predicted octanol–water partition coefficient (Wildman–Crippen LogP) is 2.95. The summed E-state index contributed by atoms with van der Waals surface area (Å²) in [5, 5.41) is 1.46. The quantitative estimate of drug-likeness (QED) is 0.803. The van der Waals surface area contributed by atoms with E-state index in [-0.39, 0.29) is 7.92 Å². The van der Waals surface area contributed by atoms with E-state index in [0.717, 1.165) is 18.9 Å². The van der Waals surface area contributed by atoms with E-state index >= 15 is 0 Å². The lowest BCUT2D eigenvalue weighted by Crippen LogP contribution is -2.11. The van der Waals surface area contributed by atoms with Gasteiger partial charge in [-0.15, -0.1) is 0 Å². The first-order valence-electron chi connectivity index (χ1n) is 5.94. The lowest BCUT2D eigenvalue weighted by molar-refractivity contribution is 1.14. The molecule has 2 heteroatoms. The summed E-state index contributed by atoms with van der Waals surface area (Å²) >= 11 is 0. The molecular weight excluding hydrogens is 225 g/mol. The predicted molar refractivity (Wildman–Crippen MR) is 77.1 cm³/mol. The molecule has 2 aromatic rings. The lowest BCUT2D eigenvalue weighted by atomic mass is 10.2. The van der Waals surface area contributed by atoms with Crippen LogP contribution in [0.1, 0.15) is 5.56 Å². The van der Waals surface area contributed by atoms with Gasteiger partial charge in [-0.2, -0.15) is 0 Å². The van der Waals surface area contributed by atoms with Gasteiger partial charge in [0.1, 0.15) is 0 Å². The van der Waals surface area contributed by atoms with Crippen LogP contribution in [0, 0.1) is 0 Å². The van der Waals surface area contributed by atoms with Gasteiger partial charge in [-0.1, -0.05) is 68.6 Å². The van der Waals surface area contributed by atoms with Crippen molar-refractivity contribution in [2.75, 3.05) is 12.7 Å². The molecule has 1 atom stereocenters. The first-order valence-corrected chi connectivity index (χ1v) is 7.65. The van der Waals surface area contributed by atoms with Gasteiger partial charge < -0.3 is 5.73 Å². The zero-order valence-corrected chi connectivity index (χ0v) is 10.8. The topological polar surface area (TPSA) is 26.0 Å². The van der Waals surface area contributed by atoms with Gasteiger partial charge in [0.05, 0.1) is 0 Å². The first kappa shape index (κ1) is 12.3. The largest absolute Gasteiger partial charge is 0.330 e. The van der Waals surface area contributed by atoms with E-state index in [1.165, 1.54) is 10.9 Å². The molecule has 17 heavy (non-hydrogen) atoms. The van der Waals surface area contributed by atoms with Crippen molar-refractivity contribution in [3.63, 3.8) is 0 Å². The fourth-order valence-electron chi connectivity index (χ4n) is 1.90. The van der Waals surface area contributed by atoms with E-state index < -0.39 is 0 Å². The summed E-state index contributed by atoms with van der Waals surface area (Å²) in [4.78, 5) is 0. The molecular formula is C15H18NP. The third kappa shape index (κ3) is 3.66. The number of hydrogen-bond donors (Lipinski definition) is 1. The summed E-state index contributed by atoms with van der Waals surface area (Å²) in [6.07, 6.45) is 2.24. The van der Waals surface area contributed by atoms with Crippen LogP contribution in [0.5, 0.6) is 0 Å². The monoisotopic (exact) mass is 243 g/mol. The first-order chi connectivity index (χ1) is 8.40. The average molecular weight is 243 g/mol. The Kier molecular flexibility index (Phi) is 4.73. The van der Waals surface area contributed by atoms with Crippen LogP contribution in [0.15, 0.2) is 60.7 Å². The van der Waals surface area contributed by atoms with Crippen molar-refractivity contribution in [3.05, 3.63) is 66.2 Å². The normalized spacial score (nSPS) is 12.3. The second-order valence-corrected chi connectivity index (χ2v) is 6.39. The van der Waals surface area contributed by atoms with Crippen LogP contribution in [0.2, 0.25) is 0 Å². The molecule has 0 bridgehead atoms. The molecule has 0 aliphatic rings. The molecule has 0 aromatic heterocycles. The van der Waals surface area contributed by atoms with Crippen LogP contribution in [-0.2, 0) is 6.16 Å². The van der Waals surface area contributed by atoms with Crippen molar-refractivity contribution in [2.45, 2.75) is 6.16 Å². The molecule has 88 valence electrons. The molecule has 1 nitrogen and oxygen atoms in total. The van der Waals surface area contributed by atoms with Crippen LogP contribution in [0.4, 0.5) is 0 Å². The van der Waals surface area contributed by atoms with E-state index in [9.17, 15) is 0 Å². The Morgan fingerprint density at radius 3 is 2.00 bits per heavy atom. The third-order valence-corrected chi connectivity index (χ3v) is 5.31. The van der Waals surface area contributed by atoms with Gasteiger partial charge in [0.15, 0.2) is 0 Å². The molecule has 0 spiro atoms. The highest BCUT2D eigenvalue weighted by Gasteiger charge is 2.10. The number of rotatable bonds is 5. The van der Waals surface area contributed by atoms with Gasteiger partial charge in [0.25, 0.3) is 0 Å². The van der Waals surface area contributed by atoms with Gasteiger partial charge >= 0.3 is 0 Å². The Balaban J connectivity index is 2.13. The zero-order chi connectivity index (χ0) is 11.9. The summed E-state index contributed by atoms with van der Waals surface area (Å²) in [5.41, 5.74) is 7.15. The maximum Gasteiger partial charge on any atom is -0.00324 e.